The Hall–Kier alpha value is -4.56. The lowest BCUT2D eigenvalue weighted by atomic mass is 10.0. The second-order valence-corrected chi connectivity index (χ2v) is 10.5. The van der Waals surface area contributed by atoms with Crippen molar-refractivity contribution in [1.82, 2.24) is 29.2 Å². The highest BCUT2D eigenvalue weighted by molar-refractivity contribution is 5.96. The highest BCUT2D eigenvalue weighted by atomic mass is 16.2. The van der Waals surface area contributed by atoms with E-state index in [4.69, 9.17) is 9.97 Å². The number of nitrogens with one attached hydrogen (secondary N) is 1. The number of aromatic nitrogens is 4. The van der Waals surface area contributed by atoms with Crippen molar-refractivity contribution in [2.75, 3.05) is 39.0 Å². The van der Waals surface area contributed by atoms with E-state index in [1.54, 1.807) is 6.20 Å². The Kier molecular flexibility index (Phi) is 7.25. The second-order valence-electron chi connectivity index (χ2n) is 10.5. The van der Waals surface area contributed by atoms with Gasteiger partial charge in [0.05, 0.1) is 17.1 Å². The average Bonchev–Trinajstić information content (AvgIpc) is 3.65. The Labute approximate surface area is 234 Å². The van der Waals surface area contributed by atoms with Gasteiger partial charge in [0.15, 0.2) is 0 Å². The van der Waals surface area contributed by atoms with Crippen LogP contribution in [0.15, 0.2) is 85.2 Å². The van der Waals surface area contributed by atoms with E-state index in [1.807, 2.05) is 64.0 Å². The minimum Gasteiger partial charge on any atom is -0.339 e. The summed E-state index contributed by atoms with van der Waals surface area (Å²) in [5.41, 5.74) is 6.96. The van der Waals surface area contributed by atoms with Crippen molar-refractivity contribution < 1.29 is 4.79 Å². The zero-order valence-electron chi connectivity index (χ0n) is 22.9. The van der Waals surface area contributed by atoms with E-state index in [-0.39, 0.29) is 5.91 Å². The van der Waals surface area contributed by atoms with Crippen molar-refractivity contribution in [2.45, 2.75) is 19.3 Å². The number of imidazole rings is 1. The Morgan fingerprint density at radius 1 is 0.950 bits per heavy atom. The van der Waals surface area contributed by atoms with E-state index < -0.39 is 0 Å². The fourth-order valence-electron chi connectivity index (χ4n) is 5.13. The van der Waals surface area contributed by atoms with Crippen LogP contribution in [0.3, 0.4) is 0 Å². The monoisotopic (exact) mass is 531 g/mol. The molecule has 1 saturated heterocycles. The van der Waals surface area contributed by atoms with Gasteiger partial charge in [0, 0.05) is 48.8 Å². The first-order valence-electron chi connectivity index (χ1n) is 13.8. The van der Waals surface area contributed by atoms with E-state index in [1.165, 1.54) is 5.56 Å². The van der Waals surface area contributed by atoms with Gasteiger partial charge < -0.3 is 15.1 Å². The molecule has 5 aromatic rings. The maximum atomic E-state index is 13.1. The van der Waals surface area contributed by atoms with E-state index >= 15 is 0 Å². The maximum Gasteiger partial charge on any atom is 0.253 e. The highest BCUT2D eigenvalue weighted by Crippen LogP contribution is 2.33. The molecule has 1 fully saturated rings. The summed E-state index contributed by atoms with van der Waals surface area (Å²) in [6.45, 7) is 2.64. The molecule has 0 atom stereocenters. The number of hydrogen-bond donors (Lipinski definition) is 1. The molecule has 40 heavy (non-hydrogen) atoms. The third-order valence-corrected chi connectivity index (χ3v) is 7.26. The van der Waals surface area contributed by atoms with Crippen LogP contribution in [0, 0.1) is 0 Å². The first kappa shape index (κ1) is 25.7. The van der Waals surface area contributed by atoms with Crippen LogP contribution < -0.4 is 5.32 Å². The summed E-state index contributed by atoms with van der Waals surface area (Å²) in [4.78, 5) is 31.6. The first-order chi connectivity index (χ1) is 19.5. The van der Waals surface area contributed by atoms with Gasteiger partial charge in [-0.1, -0.05) is 30.3 Å². The Balaban J connectivity index is 1.33. The van der Waals surface area contributed by atoms with Crippen LogP contribution in [0.5, 0.6) is 0 Å². The molecule has 0 unspecified atom stereocenters. The molecule has 6 rings (SSSR count). The molecule has 8 heteroatoms. The molecule has 2 aromatic carbocycles. The molecule has 202 valence electrons. The van der Waals surface area contributed by atoms with E-state index in [2.05, 4.69) is 53.6 Å². The quantitative estimate of drug-likeness (QED) is 0.283. The molecule has 0 spiro atoms. The van der Waals surface area contributed by atoms with Crippen molar-refractivity contribution in [2.24, 2.45) is 0 Å². The van der Waals surface area contributed by atoms with Gasteiger partial charge in [0.2, 0.25) is 5.95 Å². The Bertz CT molecular complexity index is 1640. The number of pyridine rings is 1. The average molecular weight is 532 g/mol. The van der Waals surface area contributed by atoms with Crippen LogP contribution >= 0.6 is 0 Å². The predicted octanol–water partition coefficient (Wildman–Crippen LogP) is 5.54. The number of nitrogens with zero attached hydrogens (tertiary/aromatic N) is 6. The molecular weight excluding hydrogens is 498 g/mol. The summed E-state index contributed by atoms with van der Waals surface area (Å²) >= 11 is 0. The van der Waals surface area contributed by atoms with Gasteiger partial charge in [-0.3, -0.25) is 9.20 Å². The number of carbonyl (C=O) groups is 1. The molecule has 0 aliphatic carbocycles. The van der Waals surface area contributed by atoms with Crippen molar-refractivity contribution in [3.8, 4) is 22.6 Å². The van der Waals surface area contributed by atoms with Crippen molar-refractivity contribution >= 4 is 23.2 Å². The summed E-state index contributed by atoms with van der Waals surface area (Å²) in [5, 5.41) is 3.35. The van der Waals surface area contributed by atoms with Gasteiger partial charge >= 0.3 is 0 Å². The Morgan fingerprint density at radius 2 is 1.77 bits per heavy atom. The maximum absolute atomic E-state index is 13.1. The van der Waals surface area contributed by atoms with Crippen LogP contribution in [0.2, 0.25) is 0 Å². The largest absolute Gasteiger partial charge is 0.339 e. The molecule has 0 radical (unpaired) electrons. The molecule has 3 aromatic heterocycles. The standard InChI is InChI=1S/C32H33N7O/c1-37(2)21-16-23-11-13-26(14-12-23)34-32-33-17-15-27(35-32)30-29(36-28-10-3-4-20-39(28)30)24-8-7-9-25(22-24)31(40)38-18-5-6-19-38/h3-4,7-15,17,20,22H,5-6,16,18-19,21H2,1-2H3,(H,33,34,35). The van der Waals surface area contributed by atoms with Crippen LogP contribution in [0.1, 0.15) is 28.8 Å². The number of anilines is 2. The van der Waals surface area contributed by atoms with Crippen LogP contribution in [0.25, 0.3) is 28.3 Å². The number of benzene rings is 2. The highest BCUT2D eigenvalue weighted by Gasteiger charge is 2.22. The lowest BCUT2D eigenvalue weighted by molar-refractivity contribution is 0.0793. The summed E-state index contributed by atoms with van der Waals surface area (Å²) in [7, 11) is 4.17. The number of hydrogen-bond acceptors (Lipinski definition) is 6. The summed E-state index contributed by atoms with van der Waals surface area (Å²) in [6, 6.07) is 24.0. The second kappa shape index (κ2) is 11.3. The van der Waals surface area contributed by atoms with Gasteiger partial charge in [0.25, 0.3) is 5.91 Å². The number of likely N-dealkylation sites (N-methyl/N-ethyl adjacent to an activating group) is 1. The van der Waals surface area contributed by atoms with E-state index in [0.717, 1.165) is 72.9 Å². The molecule has 1 amide bonds. The normalized spacial score (nSPS) is 13.3. The first-order valence-corrected chi connectivity index (χ1v) is 13.8. The fraction of sp³-hybridized carbons (Fsp3) is 0.250. The SMILES string of the molecule is CN(C)CCc1ccc(Nc2nccc(-c3c(-c4cccc(C(=O)N5CCCC5)c4)nc4ccccn34)n2)cc1. The molecule has 0 bridgehead atoms. The topological polar surface area (TPSA) is 78.7 Å². The minimum absolute atomic E-state index is 0.0749. The van der Waals surface area contributed by atoms with Crippen molar-refractivity contribution in [3.63, 3.8) is 0 Å². The van der Waals surface area contributed by atoms with Gasteiger partial charge in [0.1, 0.15) is 5.65 Å². The lowest BCUT2D eigenvalue weighted by Gasteiger charge is -2.15. The summed E-state index contributed by atoms with van der Waals surface area (Å²) < 4.78 is 2.04. The molecule has 1 aliphatic rings. The summed E-state index contributed by atoms with van der Waals surface area (Å²) in [6.07, 6.45) is 6.87. The molecular formula is C32H33N7O. The molecule has 8 nitrogen and oxygen atoms in total. The summed E-state index contributed by atoms with van der Waals surface area (Å²) in [5.74, 6) is 0.583. The minimum atomic E-state index is 0.0749. The van der Waals surface area contributed by atoms with Crippen molar-refractivity contribution in [3.05, 3.63) is 96.3 Å². The third-order valence-electron chi connectivity index (χ3n) is 7.26. The molecule has 0 saturated carbocycles. The van der Waals surface area contributed by atoms with E-state index in [9.17, 15) is 4.79 Å². The smallest absolute Gasteiger partial charge is 0.253 e. The van der Waals surface area contributed by atoms with Gasteiger partial charge in [-0.15, -0.1) is 0 Å². The van der Waals surface area contributed by atoms with E-state index in [0.29, 0.717) is 11.5 Å². The molecule has 1 aliphatic heterocycles. The number of rotatable bonds is 8. The molecule has 4 heterocycles. The number of likely N-dealkylation sites (tertiary alicyclic amines) is 1. The van der Waals surface area contributed by atoms with Crippen LogP contribution in [0.4, 0.5) is 11.6 Å². The lowest BCUT2D eigenvalue weighted by Crippen LogP contribution is -2.27. The van der Waals surface area contributed by atoms with Gasteiger partial charge in [-0.2, -0.15) is 0 Å². The number of carbonyl (C=O) groups excluding carboxylic acids is 1. The van der Waals surface area contributed by atoms with Crippen molar-refractivity contribution in [1.29, 1.82) is 0 Å². The zero-order chi connectivity index (χ0) is 27.5. The third kappa shape index (κ3) is 5.44. The number of amides is 1. The fourth-order valence-corrected chi connectivity index (χ4v) is 5.13. The van der Waals surface area contributed by atoms with Gasteiger partial charge in [-0.05, 0) is 81.4 Å². The zero-order valence-corrected chi connectivity index (χ0v) is 22.9. The predicted molar refractivity (Wildman–Crippen MR) is 159 cm³/mol. The van der Waals surface area contributed by atoms with Crippen LogP contribution in [-0.4, -0.2) is 68.8 Å². The molecule has 1 N–H and O–H groups in total. The number of fused-ring (bicyclic) bond motifs is 1. The Morgan fingerprint density at radius 3 is 2.58 bits per heavy atom. The van der Waals surface area contributed by atoms with Gasteiger partial charge in [-0.25, -0.2) is 15.0 Å². The van der Waals surface area contributed by atoms with Crippen LogP contribution in [-0.2, 0) is 6.42 Å².